The Morgan fingerprint density at radius 2 is 1.94 bits per heavy atom. The number of amides is 3. The van der Waals surface area contributed by atoms with Crippen LogP contribution in [-0.2, 0) is 9.53 Å². The average Bonchev–Trinajstić information content (AvgIpc) is 2.28. The molecule has 96 valence electrons. The highest BCUT2D eigenvalue weighted by molar-refractivity contribution is 9.10. The molecule has 0 aliphatic carbocycles. The molecule has 1 atom stereocenters. The van der Waals surface area contributed by atoms with Gasteiger partial charge in [-0.05, 0) is 35.0 Å². The molecular weight excluding hydrogens is 304 g/mol. The first-order chi connectivity index (χ1) is 8.41. The number of hydrogen-bond donors (Lipinski definition) is 2. The Morgan fingerprint density at radius 3 is 2.50 bits per heavy atom. The quantitative estimate of drug-likeness (QED) is 0.819. The Morgan fingerprint density at radius 1 is 1.33 bits per heavy atom. The second-order valence-electron chi connectivity index (χ2n) is 3.38. The zero-order valence-corrected chi connectivity index (χ0v) is 11.1. The molecule has 0 aliphatic heterocycles. The number of urea groups is 1. The van der Waals surface area contributed by atoms with Gasteiger partial charge in [-0.2, -0.15) is 0 Å². The van der Waals surface area contributed by atoms with Crippen molar-refractivity contribution in [1.82, 2.24) is 5.32 Å². The number of nitrogens with two attached hydrogens (primary N) is 1. The van der Waals surface area contributed by atoms with E-state index in [0.717, 1.165) is 0 Å². The van der Waals surface area contributed by atoms with Crippen LogP contribution in [0.5, 0.6) is 0 Å². The molecule has 0 aromatic heterocycles. The Bertz CT molecular complexity index is 490. The highest BCUT2D eigenvalue weighted by atomic mass is 79.9. The summed E-state index contributed by atoms with van der Waals surface area (Å²) in [4.78, 5) is 33.5. The predicted molar refractivity (Wildman–Crippen MR) is 66.7 cm³/mol. The molecule has 3 amide bonds. The standard InChI is InChI=1S/C11H11BrN2O4/c1-6(9(15)14-11(13)17)18-10(16)7-4-2-3-5-8(7)12/h2-6H,1H3,(H3,13,14,15,17). The number of carbonyl (C=O) groups excluding carboxylic acids is 3. The first-order valence-corrected chi connectivity index (χ1v) is 5.77. The van der Waals surface area contributed by atoms with E-state index >= 15 is 0 Å². The third-order valence-electron chi connectivity index (χ3n) is 1.99. The number of imide groups is 1. The van der Waals surface area contributed by atoms with Gasteiger partial charge in [0, 0.05) is 4.47 Å². The maximum atomic E-state index is 11.7. The lowest BCUT2D eigenvalue weighted by molar-refractivity contribution is -0.127. The number of carbonyl (C=O) groups is 3. The van der Waals surface area contributed by atoms with E-state index in [2.05, 4.69) is 15.9 Å². The smallest absolute Gasteiger partial charge is 0.340 e. The fourth-order valence-electron chi connectivity index (χ4n) is 1.13. The third kappa shape index (κ3) is 3.85. The minimum absolute atomic E-state index is 0.288. The number of ether oxygens (including phenoxy) is 1. The molecule has 0 bridgehead atoms. The van der Waals surface area contributed by atoms with E-state index in [1.807, 2.05) is 5.32 Å². The summed E-state index contributed by atoms with van der Waals surface area (Å²) < 4.78 is 5.44. The molecule has 6 nitrogen and oxygen atoms in total. The van der Waals surface area contributed by atoms with Gasteiger partial charge >= 0.3 is 12.0 Å². The maximum Gasteiger partial charge on any atom is 0.340 e. The fourth-order valence-corrected chi connectivity index (χ4v) is 1.57. The molecule has 0 aliphatic rings. The van der Waals surface area contributed by atoms with Crippen molar-refractivity contribution in [2.75, 3.05) is 0 Å². The molecule has 1 rings (SSSR count). The van der Waals surface area contributed by atoms with E-state index in [4.69, 9.17) is 10.5 Å². The summed E-state index contributed by atoms with van der Waals surface area (Å²) in [6.45, 7) is 1.34. The van der Waals surface area contributed by atoms with Crippen molar-refractivity contribution in [3.63, 3.8) is 0 Å². The molecule has 0 saturated heterocycles. The highest BCUT2D eigenvalue weighted by Gasteiger charge is 2.20. The summed E-state index contributed by atoms with van der Waals surface area (Å²) >= 11 is 3.19. The fraction of sp³-hybridized carbons (Fsp3) is 0.182. The van der Waals surface area contributed by atoms with Gasteiger partial charge in [0.2, 0.25) is 0 Å². The topological polar surface area (TPSA) is 98.5 Å². The molecule has 1 aromatic rings. The van der Waals surface area contributed by atoms with Gasteiger partial charge in [-0.25, -0.2) is 9.59 Å². The molecule has 0 saturated carbocycles. The molecule has 18 heavy (non-hydrogen) atoms. The zero-order chi connectivity index (χ0) is 13.7. The number of esters is 1. The van der Waals surface area contributed by atoms with Crippen LogP contribution in [0.2, 0.25) is 0 Å². The summed E-state index contributed by atoms with van der Waals surface area (Å²) in [5, 5.41) is 1.82. The van der Waals surface area contributed by atoms with Gasteiger partial charge in [0.1, 0.15) is 0 Å². The Kier molecular flexibility index (Phi) is 4.85. The molecule has 0 heterocycles. The van der Waals surface area contributed by atoms with Crippen LogP contribution in [0, 0.1) is 0 Å². The van der Waals surface area contributed by atoms with Crippen LogP contribution < -0.4 is 11.1 Å². The van der Waals surface area contributed by atoms with E-state index in [0.29, 0.717) is 4.47 Å². The van der Waals surface area contributed by atoms with Crippen LogP contribution in [0.4, 0.5) is 4.79 Å². The lowest BCUT2D eigenvalue weighted by Crippen LogP contribution is -2.42. The Balaban J connectivity index is 2.68. The van der Waals surface area contributed by atoms with Crippen molar-refractivity contribution in [2.45, 2.75) is 13.0 Å². The normalized spacial score (nSPS) is 11.4. The summed E-state index contributed by atoms with van der Waals surface area (Å²) in [5.74, 6) is -1.45. The van der Waals surface area contributed by atoms with Crippen LogP contribution in [0.3, 0.4) is 0 Å². The highest BCUT2D eigenvalue weighted by Crippen LogP contribution is 2.17. The van der Waals surface area contributed by atoms with Crippen LogP contribution >= 0.6 is 15.9 Å². The SMILES string of the molecule is CC(OC(=O)c1ccccc1Br)C(=O)NC(N)=O. The minimum atomic E-state index is -1.11. The second-order valence-corrected chi connectivity index (χ2v) is 4.24. The molecule has 7 heteroatoms. The van der Waals surface area contributed by atoms with Crippen molar-refractivity contribution in [3.8, 4) is 0 Å². The van der Waals surface area contributed by atoms with Gasteiger partial charge in [-0.3, -0.25) is 10.1 Å². The van der Waals surface area contributed by atoms with E-state index in [1.54, 1.807) is 24.3 Å². The predicted octanol–water partition coefficient (Wildman–Crippen LogP) is 1.19. The molecule has 3 N–H and O–H groups in total. The first-order valence-electron chi connectivity index (χ1n) is 4.97. The summed E-state index contributed by atoms with van der Waals surface area (Å²) in [7, 11) is 0. The summed E-state index contributed by atoms with van der Waals surface area (Å²) in [5.41, 5.74) is 5.07. The zero-order valence-electron chi connectivity index (χ0n) is 9.48. The van der Waals surface area contributed by atoms with Gasteiger partial charge in [-0.15, -0.1) is 0 Å². The number of halogens is 1. The monoisotopic (exact) mass is 314 g/mol. The number of primary amides is 1. The van der Waals surface area contributed by atoms with Gasteiger partial charge < -0.3 is 10.5 Å². The lowest BCUT2D eigenvalue weighted by Gasteiger charge is -2.12. The average molecular weight is 315 g/mol. The maximum absolute atomic E-state index is 11.7. The number of benzene rings is 1. The minimum Gasteiger partial charge on any atom is -0.449 e. The lowest BCUT2D eigenvalue weighted by atomic mass is 10.2. The number of hydrogen-bond acceptors (Lipinski definition) is 4. The number of rotatable bonds is 3. The van der Waals surface area contributed by atoms with Crippen molar-refractivity contribution >= 4 is 33.8 Å². The first kappa shape index (κ1) is 14.2. The summed E-state index contributed by atoms with van der Waals surface area (Å²) in [6, 6.07) is 5.62. The van der Waals surface area contributed by atoms with Crippen LogP contribution in [0.25, 0.3) is 0 Å². The number of nitrogens with one attached hydrogen (secondary N) is 1. The molecule has 0 radical (unpaired) electrons. The molecule has 1 unspecified atom stereocenters. The molecule has 0 fully saturated rings. The van der Waals surface area contributed by atoms with E-state index in [9.17, 15) is 14.4 Å². The third-order valence-corrected chi connectivity index (χ3v) is 2.68. The molecular formula is C11H11BrN2O4. The van der Waals surface area contributed by atoms with Crippen molar-refractivity contribution in [3.05, 3.63) is 34.3 Å². The summed E-state index contributed by atoms with van der Waals surface area (Å²) in [6.07, 6.45) is -1.11. The molecule has 1 aromatic carbocycles. The van der Waals surface area contributed by atoms with Gasteiger partial charge in [0.15, 0.2) is 6.10 Å². The molecule has 0 spiro atoms. The van der Waals surface area contributed by atoms with E-state index in [-0.39, 0.29) is 5.56 Å². The van der Waals surface area contributed by atoms with Gasteiger partial charge in [0.05, 0.1) is 5.56 Å². The van der Waals surface area contributed by atoms with Gasteiger partial charge in [0.25, 0.3) is 5.91 Å². The second kappa shape index (κ2) is 6.15. The van der Waals surface area contributed by atoms with E-state index < -0.39 is 24.0 Å². The van der Waals surface area contributed by atoms with Crippen LogP contribution in [0.1, 0.15) is 17.3 Å². The van der Waals surface area contributed by atoms with Crippen LogP contribution in [-0.4, -0.2) is 24.0 Å². The van der Waals surface area contributed by atoms with E-state index in [1.165, 1.54) is 6.92 Å². The Hall–Kier alpha value is -1.89. The largest absolute Gasteiger partial charge is 0.449 e. The van der Waals surface area contributed by atoms with Crippen molar-refractivity contribution < 1.29 is 19.1 Å². The van der Waals surface area contributed by atoms with Crippen molar-refractivity contribution in [1.29, 1.82) is 0 Å². The van der Waals surface area contributed by atoms with Crippen LogP contribution in [0.15, 0.2) is 28.7 Å². The Labute approximate surface area is 112 Å². The van der Waals surface area contributed by atoms with Crippen molar-refractivity contribution in [2.24, 2.45) is 5.73 Å². The van der Waals surface area contributed by atoms with Gasteiger partial charge in [-0.1, -0.05) is 12.1 Å².